The molecule has 2 saturated heterocycles. The van der Waals surface area contributed by atoms with Crippen LogP contribution in [0.3, 0.4) is 0 Å². The van der Waals surface area contributed by atoms with E-state index >= 15 is 0 Å². The largest absolute Gasteiger partial charge is 0.508 e. The van der Waals surface area contributed by atoms with Crippen LogP contribution in [0.1, 0.15) is 48.4 Å². The topological polar surface area (TPSA) is 119 Å². The summed E-state index contributed by atoms with van der Waals surface area (Å²) < 4.78 is 36.4. The van der Waals surface area contributed by atoms with E-state index in [0.29, 0.717) is 42.6 Å². The Hall–Kier alpha value is -2.89. The van der Waals surface area contributed by atoms with Crippen molar-refractivity contribution in [1.82, 2.24) is 0 Å². The van der Waals surface area contributed by atoms with Crippen LogP contribution in [0.4, 0.5) is 0 Å². The van der Waals surface area contributed by atoms with Crippen molar-refractivity contribution in [3.63, 3.8) is 0 Å². The number of carbonyl (C=O) groups excluding carboxylic acids is 2. The lowest BCUT2D eigenvalue weighted by Crippen LogP contribution is -2.25. The summed E-state index contributed by atoms with van der Waals surface area (Å²) >= 11 is 5.53. The summed E-state index contributed by atoms with van der Waals surface area (Å²) in [4.78, 5) is 22.2. The Labute approximate surface area is 234 Å². The van der Waals surface area contributed by atoms with Gasteiger partial charge in [0.1, 0.15) is 24.2 Å². The molecule has 0 aromatic heterocycles. The van der Waals surface area contributed by atoms with E-state index in [9.17, 15) is 9.59 Å². The van der Waals surface area contributed by atoms with Gasteiger partial charge in [-0.1, -0.05) is 12.1 Å². The van der Waals surface area contributed by atoms with Gasteiger partial charge in [0.05, 0.1) is 50.5 Å². The highest BCUT2D eigenvalue weighted by Crippen LogP contribution is 2.24. The fraction of sp³-hybridized carbons (Fsp3) is 0.500. The van der Waals surface area contributed by atoms with Crippen LogP contribution in [0.2, 0.25) is 0 Å². The molecule has 0 spiro atoms. The minimum absolute atomic E-state index is 0.0629. The molecule has 0 amide bonds. The average Bonchev–Trinajstić information content (AvgIpc) is 3.47. The number of phenolic OH excluding ortho intramolecular Hbond substituents is 1. The molecule has 2 atom stereocenters. The first kappa shape index (κ1) is 32.3. The molecule has 2 aliphatic rings. The normalized spacial score (nSPS) is 20.5. The van der Waals surface area contributed by atoms with Gasteiger partial charge in [-0.05, 0) is 64.1 Å². The fourth-order valence-electron chi connectivity index (χ4n) is 3.45. The van der Waals surface area contributed by atoms with Gasteiger partial charge in [0.2, 0.25) is 0 Å². The van der Waals surface area contributed by atoms with E-state index in [1.54, 1.807) is 36.4 Å². The van der Waals surface area contributed by atoms with E-state index < -0.39 is 17.5 Å². The Bertz CT molecular complexity index is 1070. The number of carbonyl (C=O) groups is 2. The van der Waals surface area contributed by atoms with Gasteiger partial charge in [-0.2, -0.15) is 0 Å². The third kappa shape index (κ3) is 11.4. The molecule has 216 valence electrons. The molecule has 39 heavy (non-hydrogen) atoms. The number of hydrogen-bond acceptors (Lipinski definition) is 10. The van der Waals surface area contributed by atoms with Gasteiger partial charge in [0, 0.05) is 0 Å². The van der Waals surface area contributed by atoms with E-state index in [2.05, 4.69) is 9.47 Å². The summed E-state index contributed by atoms with van der Waals surface area (Å²) in [7, 11) is 2.65. The molecule has 4 rings (SSSR count). The second kappa shape index (κ2) is 15.0. The maximum absolute atomic E-state index is 11.4. The fourth-order valence-corrected chi connectivity index (χ4v) is 3.61. The molecule has 0 radical (unpaired) electrons. The molecule has 2 aliphatic heterocycles. The molecular formula is C28H37ClO10. The highest BCUT2D eigenvalue weighted by atomic mass is 35.5. The SMILES string of the molecule is CC1(C)OC[C@H](CCl)O1.COC(=O)c1cccc(O)c1.COC(=O)c1cccc(OC[C@H]2COC(C)(C)O2)c1. The lowest BCUT2D eigenvalue weighted by Gasteiger charge is -2.17. The van der Waals surface area contributed by atoms with Crippen LogP contribution in [0.25, 0.3) is 0 Å². The molecule has 10 nitrogen and oxygen atoms in total. The van der Waals surface area contributed by atoms with Crippen LogP contribution in [0.15, 0.2) is 48.5 Å². The zero-order chi connectivity index (χ0) is 29.1. The van der Waals surface area contributed by atoms with Crippen molar-refractivity contribution in [3.8, 4) is 11.5 Å². The van der Waals surface area contributed by atoms with Crippen molar-refractivity contribution in [2.45, 2.75) is 51.5 Å². The predicted octanol–water partition coefficient (Wildman–Crippen LogP) is 4.56. The molecule has 2 heterocycles. The summed E-state index contributed by atoms with van der Waals surface area (Å²) in [6, 6.07) is 12.9. The molecular weight excluding hydrogens is 532 g/mol. The summed E-state index contributed by atoms with van der Waals surface area (Å²) in [5.74, 6) is -0.609. The maximum atomic E-state index is 11.4. The number of benzene rings is 2. The van der Waals surface area contributed by atoms with E-state index in [1.807, 2.05) is 27.7 Å². The van der Waals surface area contributed by atoms with Gasteiger partial charge in [-0.25, -0.2) is 9.59 Å². The van der Waals surface area contributed by atoms with Gasteiger partial charge in [0.25, 0.3) is 0 Å². The standard InChI is InChI=1S/C14H18O5.C8H8O3.C6H11ClO2/c1-14(2)18-9-12(19-14)8-17-11-6-4-5-10(7-11)13(15)16-3;1-11-8(10)6-3-2-4-7(9)5-6;1-6(2)8-4-5(3-7)9-6/h4-7,12H,8-9H2,1-3H3;2-5,9H,1H3;5H,3-4H2,1-2H3/t12-;;5-/m0.0/s1. The van der Waals surface area contributed by atoms with Gasteiger partial charge in [-0.15, -0.1) is 11.6 Å². The summed E-state index contributed by atoms with van der Waals surface area (Å²) in [6.45, 7) is 9.02. The molecule has 1 N–H and O–H groups in total. The smallest absolute Gasteiger partial charge is 0.337 e. The van der Waals surface area contributed by atoms with Crippen LogP contribution >= 0.6 is 11.6 Å². The first-order valence-electron chi connectivity index (χ1n) is 12.3. The van der Waals surface area contributed by atoms with Crippen LogP contribution in [-0.4, -0.2) is 80.7 Å². The van der Waals surface area contributed by atoms with E-state index in [4.69, 9.17) is 40.4 Å². The number of rotatable bonds is 6. The van der Waals surface area contributed by atoms with Crippen molar-refractivity contribution >= 4 is 23.5 Å². The lowest BCUT2D eigenvalue weighted by atomic mass is 10.2. The van der Waals surface area contributed by atoms with E-state index in [-0.39, 0.29) is 23.9 Å². The molecule has 2 aromatic carbocycles. The van der Waals surface area contributed by atoms with Crippen LogP contribution < -0.4 is 4.74 Å². The highest BCUT2D eigenvalue weighted by molar-refractivity contribution is 6.18. The zero-order valence-electron chi connectivity index (χ0n) is 23.1. The van der Waals surface area contributed by atoms with Crippen LogP contribution in [0, 0.1) is 0 Å². The zero-order valence-corrected chi connectivity index (χ0v) is 23.9. The van der Waals surface area contributed by atoms with Crippen molar-refractivity contribution in [1.29, 1.82) is 0 Å². The highest BCUT2D eigenvalue weighted by Gasteiger charge is 2.33. The van der Waals surface area contributed by atoms with Crippen molar-refractivity contribution in [2.24, 2.45) is 0 Å². The van der Waals surface area contributed by atoms with E-state index in [1.165, 1.54) is 26.4 Å². The monoisotopic (exact) mass is 568 g/mol. The number of phenols is 1. The average molecular weight is 569 g/mol. The molecule has 2 fully saturated rings. The predicted molar refractivity (Wildman–Crippen MR) is 143 cm³/mol. The Kier molecular flexibility index (Phi) is 12.5. The number of alkyl halides is 1. The third-order valence-electron chi connectivity index (χ3n) is 5.26. The number of hydrogen-bond donors (Lipinski definition) is 1. The number of ether oxygens (including phenoxy) is 7. The van der Waals surface area contributed by atoms with E-state index in [0.717, 1.165) is 0 Å². The molecule has 0 aliphatic carbocycles. The number of methoxy groups -OCH3 is 2. The molecule has 0 unspecified atom stereocenters. The Morgan fingerprint density at radius 1 is 0.872 bits per heavy atom. The van der Waals surface area contributed by atoms with Gasteiger partial charge < -0.3 is 38.3 Å². The van der Waals surface area contributed by atoms with Crippen LogP contribution in [-0.2, 0) is 28.4 Å². The first-order chi connectivity index (χ1) is 18.4. The number of halogens is 1. The lowest BCUT2D eigenvalue weighted by molar-refractivity contribution is -0.141. The Morgan fingerprint density at radius 3 is 1.82 bits per heavy atom. The number of esters is 2. The molecule has 2 aromatic rings. The third-order valence-corrected chi connectivity index (χ3v) is 5.61. The van der Waals surface area contributed by atoms with Gasteiger partial charge >= 0.3 is 11.9 Å². The van der Waals surface area contributed by atoms with Crippen molar-refractivity contribution in [3.05, 3.63) is 59.7 Å². The Morgan fingerprint density at radius 2 is 1.38 bits per heavy atom. The first-order valence-corrected chi connectivity index (χ1v) is 12.8. The van der Waals surface area contributed by atoms with Crippen molar-refractivity contribution in [2.75, 3.05) is 39.9 Å². The molecule has 0 bridgehead atoms. The maximum Gasteiger partial charge on any atom is 0.337 e. The second-order valence-electron chi connectivity index (χ2n) is 9.43. The van der Waals surface area contributed by atoms with Gasteiger partial charge in [-0.3, -0.25) is 0 Å². The summed E-state index contributed by atoms with van der Waals surface area (Å²) in [5.41, 5.74) is 0.816. The summed E-state index contributed by atoms with van der Waals surface area (Å²) in [6.07, 6.45) is -0.0153. The number of aromatic hydroxyl groups is 1. The molecule has 11 heteroatoms. The minimum atomic E-state index is -0.554. The van der Waals surface area contributed by atoms with Crippen LogP contribution in [0.5, 0.6) is 11.5 Å². The second-order valence-corrected chi connectivity index (χ2v) is 9.74. The molecule has 0 saturated carbocycles. The van der Waals surface area contributed by atoms with Gasteiger partial charge in [0.15, 0.2) is 11.6 Å². The minimum Gasteiger partial charge on any atom is -0.508 e. The van der Waals surface area contributed by atoms with Crippen molar-refractivity contribution < 1.29 is 47.9 Å². The Balaban J connectivity index is 0.000000226. The quantitative estimate of drug-likeness (QED) is 0.392. The summed E-state index contributed by atoms with van der Waals surface area (Å²) in [5, 5.41) is 8.95.